The molecule has 4 nitrogen and oxygen atoms in total. The zero-order chi connectivity index (χ0) is 12.8. The Kier molecular flexibility index (Phi) is 2.35. The van der Waals surface area contributed by atoms with Crippen LogP contribution in [0.2, 0.25) is 0 Å². The lowest BCUT2D eigenvalue weighted by atomic mass is 9.99. The molecule has 0 saturated carbocycles. The number of pyridine rings is 1. The Bertz CT molecular complexity index is 732. The average molecular weight is 270 g/mol. The third-order valence-corrected chi connectivity index (χ3v) is 4.84. The van der Waals surface area contributed by atoms with Gasteiger partial charge in [-0.3, -0.25) is 0 Å². The molecule has 0 saturated heterocycles. The summed E-state index contributed by atoms with van der Waals surface area (Å²) < 4.78 is 0. The van der Waals surface area contributed by atoms with E-state index >= 15 is 0 Å². The van der Waals surface area contributed by atoms with E-state index in [1.54, 1.807) is 6.07 Å². The fraction of sp³-hybridized carbons (Fsp3) is 0.286. The Morgan fingerprint density at radius 2 is 2.05 bits per heavy atom. The van der Waals surface area contributed by atoms with Crippen LogP contribution in [0, 0.1) is 0 Å². The van der Waals surface area contributed by atoms with Gasteiger partial charge in [0, 0.05) is 4.88 Å². The summed E-state index contributed by atoms with van der Waals surface area (Å²) in [7, 11) is 0. The molecule has 19 heavy (non-hydrogen) atoms. The van der Waals surface area contributed by atoms with Gasteiger partial charge < -0.3 is 10.7 Å². The number of thiophene rings is 1. The number of hydrogen-bond donors (Lipinski definition) is 2. The van der Waals surface area contributed by atoms with Gasteiger partial charge in [0.2, 0.25) is 0 Å². The predicted molar refractivity (Wildman–Crippen MR) is 78.3 cm³/mol. The van der Waals surface area contributed by atoms with E-state index < -0.39 is 0 Å². The number of aromatic nitrogens is 3. The van der Waals surface area contributed by atoms with Crippen LogP contribution < -0.4 is 5.73 Å². The third kappa shape index (κ3) is 1.81. The maximum atomic E-state index is 5.69. The molecule has 3 aromatic rings. The first-order valence-electron chi connectivity index (χ1n) is 6.54. The highest BCUT2D eigenvalue weighted by molar-refractivity contribution is 7.15. The number of nitrogen functional groups attached to an aromatic ring is 1. The van der Waals surface area contributed by atoms with Crippen LogP contribution in [0.25, 0.3) is 21.9 Å². The van der Waals surface area contributed by atoms with Crippen molar-refractivity contribution in [3.05, 3.63) is 28.6 Å². The first-order valence-corrected chi connectivity index (χ1v) is 7.35. The van der Waals surface area contributed by atoms with Gasteiger partial charge in [0.25, 0.3) is 0 Å². The molecule has 0 atom stereocenters. The molecule has 3 heterocycles. The van der Waals surface area contributed by atoms with Gasteiger partial charge in [-0.1, -0.05) is 0 Å². The number of nitrogens with zero attached hydrogens (tertiary/aromatic N) is 2. The van der Waals surface area contributed by atoms with Crippen LogP contribution in [0.1, 0.15) is 23.3 Å². The monoisotopic (exact) mass is 270 g/mol. The van der Waals surface area contributed by atoms with Gasteiger partial charge in [-0.05, 0) is 49.4 Å². The summed E-state index contributed by atoms with van der Waals surface area (Å²) in [5.74, 6) is 1.42. The highest BCUT2D eigenvalue weighted by atomic mass is 32.1. The van der Waals surface area contributed by atoms with Gasteiger partial charge in [-0.25, -0.2) is 9.97 Å². The van der Waals surface area contributed by atoms with Crippen molar-refractivity contribution in [3.63, 3.8) is 0 Å². The molecule has 3 aromatic heterocycles. The fourth-order valence-electron chi connectivity index (χ4n) is 2.63. The topological polar surface area (TPSA) is 67.6 Å². The molecule has 0 aliphatic heterocycles. The van der Waals surface area contributed by atoms with Crippen molar-refractivity contribution >= 4 is 28.3 Å². The lowest BCUT2D eigenvalue weighted by molar-refractivity contribution is 0.697. The van der Waals surface area contributed by atoms with Crippen molar-refractivity contribution in [3.8, 4) is 10.7 Å². The average Bonchev–Trinajstić information content (AvgIpc) is 3.00. The van der Waals surface area contributed by atoms with Crippen LogP contribution >= 0.6 is 11.3 Å². The summed E-state index contributed by atoms with van der Waals surface area (Å²) >= 11 is 1.86. The van der Waals surface area contributed by atoms with Gasteiger partial charge in [0.15, 0.2) is 11.5 Å². The molecular formula is C14H14N4S. The number of hydrogen-bond acceptors (Lipinski definition) is 4. The number of aromatic amines is 1. The van der Waals surface area contributed by atoms with Crippen LogP contribution in [0.15, 0.2) is 18.2 Å². The standard InChI is InChI=1S/C14H14N4S/c15-12-6-5-9-13(17-12)18-14(16-9)11-7-8-3-1-2-4-10(8)19-11/h5-7H,1-4H2,(H3,15,16,17,18). The maximum Gasteiger partial charge on any atom is 0.180 e. The SMILES string of the molecule is Nc1ccc2[nH]c(-c3cc4c(s3)CCCC4)nc2n1. The second-order valence-corrected chi connectivity index (χ2v) is 6.10. The Morgan fingerprint density at radius 3 is 2.95 bits per heavy atom. The van der Waals surface area contributed by atoms with E-state index in [9.17, 15) is 0 Å². The van der Waals surface area contributed by atoms with E-state index in [-0.39, 0.29) is 0 Å². The number of rotatable bonds is 1. The number of fused-ring (bicyclic) bond motifs is 2. The molecule has 0 fully saturated rings. The van der Waals surface area contributed by atoms with Crippen molar-refractivity contribution in [1.82, 2.24) is 15.0 Å². The highest BCUT2D eigenvalue weighted by Gasteiger charge is 2.16. The summed E-state index contributed by atoms with van der Waals surface area (Å²) in [5, 5.41) is 0. The third-order valence-electron chi connectivity index (χ3n) is 3.60. The molecular weight excluding hydrogens is 256 g/mol. The molecule has 96 valence electrons. The molecule has 1 aliphatic carbocycles. The summed E-state index contributed by atoms with van der Waals surface area (Å²) in [6.07, 6.45) is 5.04. The summed E-state index contributed by atoms with van der Waals surface area (Å²) in [5.41, 5.74) is 8.82. The number of H-pyrrole nitrogens is 1. The van der Waals surface area contributed by atoms with Crippen molar-refractivity contribution in [2.24, 2.45) is 0 Å². The number of nitrogens with two attached hydrogens (primary N) is 1. The van der Waals surface area contributed by atoms with Crippen molar-refractivity contribution in [2.75, 3.05) is 5.73 Å². The number of anilines is 1. The van der Waals surface area contributed by atoms with Crippen LogP contribution in [-0.2, 0) is 12.8 Å². The molecule has 5 heteroatoms. The molecule has 0 spiro atoms. The van der Waals surface area contributed by atoms with E-state index in [4.69, 9.17) is 5.73 Å². The molecule has 0 radical (unpaired) electrons. The smallest absolute Gasteiger partial charge is 0.180 e. The Hall–Kier alpha value is -1.88. The fourth-order valence-corrected chi connectivity index (χ4v) is 3.83. The second-order valence-electron chi connectivity index (χ2n) is 4.96. The zero-order valence-corrected chi connectivity index (χ0v) is 11.3. The van der Waals surface area contributed by atoms with Gasteiger partial charge in [0.1, 0.15) is 5.82 Å². The zero-order valence-electron chi connectivity index (χ0n) is 10.4. The Morgan fingerprint density at radius 1 is 1.16 bits per heavy atom. The first kappa shape index (κ1) is 11.0. The van der Waals surface area contributed by atoms with Gasteiger partial charge in [0.05, 0.1) is 10.4 Å². The van der Waals surface area contributed by atoms with Gasteiger partial charge in [-0.2, -0.15) is 0 Å². The minimum absolute atomic E-state index is 0.510. The maximum absolute atomic E-state index is 5.69. The largest absolute Gasteiger partial charge is 0.384 e. The van der Waals surface area contributed by atoms with E-state index in [1.807, 2.05) is 17.4 Å². The predicted octanol–water partition coefficient (Wildman–Crippen LogP) is 3.15. The Balaban J connectivity index is 1.83. The van der Waals surface area contributed by atoms with Gasteiger partial charge >= 0.3 is 0 Å². The molecule has 3 N–H and O–H groups in total. The summed E-state index contributed by atoms with van der Waals surface area (Å²) in [6, 6.07) is 6.01. The number of nitrogens with one attached hydrogen (secondary N) is 1. The minimum Gasteiger partial charge on any atom is -0.384 e. The molecule has 0 amide bonds. The molecule has 0 unspecified atom stereocenters. The van der Waals surface area contributed by atoms with Crippen LogP contribution in [0.5, 0.6) is 0 Å². The van der Waals surface area contributed by atoms with Crippen LogP contribution in [0.4, 0.5) is 5.82 Å². The second kappa shape index (κ2) is 4.06. The normalized spacial score (nSPS) is 14.7. The van der Waals surface area contributed by atoms with Gasteiger partial charge in [-0.15, -0.1) is 11.3 Å². The highest BCUT2D eigenvalue weighted by Crippen LogP contribution is 2.35. The lowest BCUT2D eigenvalue weighted by Crippen LogP contribution is -1.96. The first-order chi connectivity index (χ1) is 9.29. The summed E-state index contributed by atoms with van der Waals surface area (Å²) in [4.78, 5) is 14.9. The van der Waals surface area contributed by atoms with Crippen molar-refractivity contribution in [2.45, 2.75) is 25.7 Å². The number of aryl methyl sites for hydroxylation is 2. The van der Waals surface area contributed by atoms with E-state index in [1.165, 1.54) is 41.0 Å². The van der Waals surface area contributed by atoms with E-state index in [2.05, 4.69) is 21.0 Å². The van der Waals surface area contributed by atoms with E-state index in [0.29, 0.717) is 11.5 Å². The van der Waals surface area contributed by atoms with Crippen LogP contribution in [0.3, 0.4) is 0 Å². The molecule has 1 aliphatic rings. The van der Waals surface area contributed by atoms with Crippen molar-refractivity contribution in [1.29, 1.82) is 0 Å². The minimum atomic E-state index is 0.510. The van der Waals surface area contributed by atoms with E-state index in [0.717, 1.165) is 11.3 Å². The number of imidazole rings is 1. The summed E-state index contributed by atoms with van der Waals surface area (Å²) in [6.45, 7) is 0. The van der Waals surface area contributed by atoms with Crippen molar-refractivity contribution < 1.29 is 0 Å². The molecule has 0 aromatic carbocycles. The molecule has 4 rings (SSSR count). The van der Waals surface area contributed by atoms with Crippen LogP contribution in [-0.4, -0.2) is 15.0 Å². The molecule has 0 bridgehead atoms. The quantitative estimate of drug-likeness (QED) is 0.713. The lowest BCUT2D eigenvalue weighted by Gasteiger charge is -2.08. The Labute approximate surface area is 114 Å².